The Morgan fingerprint density at radius 1 is 1.07 bits per heavy atom. The molecule has 0 fully saturated rings. The Balaban J connectivity index is 1.79. The van der Waals surface area contributed by atoms with Crippen molar-refractivity contribution in [3.63, 3.8) is 0 Å². The van der Waals surface area contributed by atoms with Crippen LogP contribution in [-0.2, 0) is 14.9 Å². The first kappa shape index (κ1) is 22.1. The lowest BCUT2D eigenvalue weighted by Crippen LogP contribution is -2.16. The molecule has 0 aliphatic carbocycles. The summed E-state index contributed by atoms with van der Waals surface area (Å²) in [6.45, 7) is 7.60. The van der Waals surface area contributed by atoms with Crippen molar-refractivity contribution >= 4 is 17.4 Å². The normalized spacial score (nSPS) is 11.0. The second kappa shape index (κ2) is 9.32. The second-order valence-electron chi connectivity index (χ2n) is 7.72. The van der Waals surface area contributed by atoms with E-state index in [2.05, 4.69) is 20.8 Å². The van der Waals surface area contributed by atoms with E-state index in [9.17, 15) is 19.7 Å². The van der Waals surface area contributed by atoms with Crippen molar-refractivity contribution in [3.8, 4) is 5.75 Å². The zero-order valence-corrected chi connectivity index (χ0v) is 17.1. The van der Waals surface area contributed by atoms with Gasteiger partial charge in [-0.05, 0) is 30.0 Å². The lowest BCUT2D eigenvalue weighted by atomic mass is 9.87. The molecule has 2 aromatic carbocycles. The SMILES string of the molecule is Cc1ccc(C(=O)COC(=O)CCOc2ccc(C(C)(C)C)cc2)cc1[N+](=O)[O-]. The number of nitro benzene ring substituents is 1. The molecule has 0 unspecified atom stereocenters. The Morgan fingerprint density at radius 2 is 1.72 bits per heavy atom. The lowest BCUT2D eigenvalue weighted by molar-refractivity contribution is -0.385. The van der Waals surface area contributed by atoms with Crippen LogP contribution in [0.5, 0.6) is 5.75 Å². The van der Waals surface area contributed by atoms with Gasteiger partial charge in [-0.25, -0.2) is 0 Å². The summed E-state index contributed by atoms with van der Waals surface area (Å²) in [7, 11) is 0. The van der Waals surface area contributed by atoms with E-state index in [1.165, 1.54) is 23.8 Å². The van der Waals surface area contributed by atoms with Gasteiger partial charge in [0, 0.05) is 17.2 Å². The van der Waals surface area contributed by atoms with Gasteiger partial charge in [-0.3, -0.25) is 19.7 Å². The van der Waals surface area contributed by atoms with Crippen molar-refractivity contribution in [2.45, 2.75) is 39.5 Å². The predicted molar refractivity (Wildman–Crippen MR) is 108 cm³/mol. The fourth-order valence-corrected chi connectivity index (χ4v) is 2.58. The van der Waals surface area contributed by atoms with Crippen molar-refractivity contribution < 1.29 is 24.0 Å². The molecule has 154 valence electrons. The van der Waals surface area contributed by atoms with E-state index >= 15 is 0 Å². The quantitative estimate of drug-likeness (QED) is 0.283. The number of Topliss-reactive ketones (excluding diaryl/α,β-unsaturated/α-hetero) is 1. The Hall–Kier alpha value is -3.22. The largest absolute Gasteiger partial charge is 0.493 e. The monoisotopic (exact) mass is 399 g/mol. The number of esters is 1. The molecule has 0 saturated heterocycles. The minimum Gasteiger partial charge on any atom is -0.493 e. The van der Waals surface area contributed by atoms with Crippen LogP contribution in [0, 0.1) is 17.0 Å². The molecular formula is C22H25NO6. The fraction of sp³-hybridized carbons (Fsp3) is 0.364. The molecule has 0 aliphatic heterocycles. The van der Waals surface area contributed by atoms with Crippen LogP contribution >= 0.6 is 0 Å². The molecule has 7 nitrogen and oxygen atoms in total. The lowest BCUT2D eigenvalue weighted by Gasteiger charge is -2.19. The van der Waals surface area contributed by atoms with Gasteiger partial charge in [0.25, 0.3) is 5.69 Å². The molecule has 0 aliphatic rings. The minimum absolute atomic E-state index is 0.0116. The molecule has 29 heavy (non-hydrogen) atoms. The van der Waals surface area contributed by atoms with E-state index in [4.69, 9.17) is 9.47 Å². The molecule has 0 aromatic heterocycles. The van der Waals surface area contributed by atoms with Crippen LogP contribution in [0.2, 0.25) is 0 Å². The average Bonchev–Trinajstić information content (AvgIpc) is 2.66. The van der Waals surface area contributed by atoms with Crippen molar-refractivity contribution in [2.75, 3.05) is 13.2 Å². The molecule has 2 aromatic rings. The number of hydrogen-bond donors (Lipinski definition) is 0. The van der Waals surface area contributed by atoms with Gasteiger partial charge in [0.2, 0.25) is 5.78 Å². The summed E-state index contributed by atoms with van der Waals surface area (Å²) in [5.41, 5.74) is 1.67. The highest BCUT2D eigenvalue weighted by Crippen LogP contribution is 2.24. The Kier molecular flexibility index (Phi) is 7.09. The summed E-state index contributed by atoms with van der Waals surface area (Å²) in [6, 6.07) is 11.8. The molecule has 0 bridgehead atoms. The van der Waals surface area contributed by atoms with Gasteiger partial charge >= 0.3 is 5.97 Å². The third-order valence-corrected chi connectivity index (χ3v) is 4.39. The maximum Gasteiger partial charge on any atom is 0.309 e. The van der Waals surface area contributed by atoms with Gasteiger partial charge in [0.05, 0.1) is 18.0 Å². The first-order valence-corrected chi connectivity index (χ1v) is 9.25. The Labute approximate surface area is 169 Å². The third kappa shape index (κ3) is 6.41. The van der Waals surface area contributed by atoms with Gasteiger partial charge in [-0.15, -0.1) is 0 Å². The summed E-state index contributed by atoms with van der Waals surface area (Å²) in [4.78, 5) is 34.3. The van der Waals surface area contributed by atoms with E-state index in [0.717, 1.165) is 0 Å². The highest BCUT2D eigenvalue weighted by atomic mass is 16.6. The standard InChI is InChI=1S/C22H25NO6/c1-15-5-6-16(13-19(15)23(26)27)20(24)14-29-21(25)11-12-28-18-9-7-17(8-10-18)22(2,3)4/h5-10,13H,11-12,14H2,1-4H3. The zero-order valence-electron chi connectivity index (χ0n) is 17.1. The summed E-state index contributed by atoms with van der Waals surface area (Å²) in [5.74, 6) is -0.430. The van der Waals surface area contributed by atoms with Crippen LogP contribution < -0.4 is 4.74 Å². The molecular weight excluding hydrogens is 374 g/mol. The van der Waals surface area contributed by atoms with Crippen molar-refractivity contribution in [1.29, 1.82) is 0 Å². The molecule has 7 heteroatoms. The molecule has 0 saturated carbocycles. The van der Waals surface area contributed by atoms with Crippen LogP contribution in [0.25, 0.3) is 0 Å². The van der Waals surface area contributed by atoms with Crippen LogP contribution in [0.4, 0.5) is 5.69 Å². The number of carbonyl (C=O) groups is 2. The highest BCUT2D eigenvalue weighted by molar-refractivity contribution is 5.98. The third-order valence-electron chi connectivity index (χ3n) is 4.39. The van der Waals surface area contributed by atoms with Crippen LogP contribution in [0.1, 0.15) is 48.7 Å². The van der Waals surface area contributed by atoms with E-state index in [1.807, 2.05) is 24.3 Å². The molecule has 2 rings (SSSR count). The topological polar surface area (TPSA) is 95.7 Å². The van der Waals surface area contributed by atoms with Gasteiger partial charge in [0.15, 0.2) is 6.61 Å². The molecule has 0 heterocycles. The number of benzene rings is 2. The first-order valence-electron chi connectivity index (χ1n) is 9.25. The maximum absolute atomic E-state index is 12.1. The summed E-state index contributed by atoms with van der Waals surface area (Å²) >= 11 is 0. The number of aryl methyl sites for hydroxylation is 1. The van der Waals surface area contributed by atoms with Crippen LogP contribution in [-0.4, -0.2) is 29.9 Å². The number of nitro groups is 1. The van der Waals surface area contributed by atoms with Crippen molar-refractivity contribution in [2.24, 2.45) is 0 Å². The second-order valence-corrected chi connectivity index (χ2v) is 7.72. The van der Waals surface area contributed by atoms with E-state index in [1.54, 1.807) is 6.92 Å². The van der Waals surface area contributed by atoms with E-state index in [-0.39, 0.29) is 29.7 Å². The number of hydrogen-bond acceptors (Lipinski definition) is 6. The minimum atomic E-state index is -0.578. The number of nitrogens with zero attached hydrogens (tertiary/aromatic N) is 1. The summed E-state index contributed by atoms with van der Waals surface area (Å²) in [5, 5.41) is 11.0. The van der Waals surface area contributed by atoms with Gasteiger partial charge in [0.1, 0.15) is 5.75 Å². The number of ketones is 1. The molecule has 0 radical (unpaired) electrons. The molecule has 0 amide bonds. The van der Waals surface area contributed by atoms with Gasteiger partial charge in [-0.2, -0.15) is 0 Å². The first-order chi connectivity index (χ1) is 13.6. The molecule has 0 spiro atoms. The molecule has 0 N–H and O–H groups in total. The number of rotatable bonds is 8. The summed E-state index contributed by atoms with van der Waals surface area (Å²) in [6.07, 6.45) is -0.0116. The maximum atomic E-state index is 12.1. The average molecular weight is 399 g/mol. The number of carbonyl (C=O) groups excluding carboxylic acids is 2. The Morgan fingerprint density at radius 3 is 2.31 bits per heavy atom. The zero-order chi connectivity index (χ0) is 21.6. The van der Waals surface area contributed by atoms with Gasteiger partial charge in [-0.1, -0.05) is 45.0 Å². The smallest absolute Gasteiger partial charge is 0.309 e. The number of ether oxygens (including phenoxy) is 2. The van der Waals surface area contributed by atoms with Gasteiger partial charge < -0.3 is 9.47 Å². The predicted octanol–water partition coefficient (Wildman–Crippen LogP) is 4.40. The van der Waals surface area contributed by atoms with E-state index < -0.39 is 23.3 Å². The molecule has 0 atom stereocenters. The van der Waals surface area contributed by atoms with Crippen molar-refractivity contribution in [1.82, 2.24) is 0 Å². The highest BCUT2D eigenvalue weighted by Gasteiger charge is 2.16. The van der Waals surface area contributed by atoms with E-state index in [0.29, 0.717) is 11.3 Å². The summed E-state index contributed by atoms with van der Waals surface area (Å²) < 4.78 is 10.5. The van der Waals surface area contributed by atoms with Crippen LogP contribution in [0.15, 0.2) is 42.5 Å². The van der Waals surface area contributed by atoms with Crippen molar-refractivity contribution in [3.05, 3.63) is 69.3 Å². The Bertz CT molecular complexity index is 897. The van der Waals surface area contributed by atoms with Crippen LogP contribution in [0.3, 0.4) is 0 Å². The fourth-order valence-electron chi connectivity index (χ4n) is 2.58.